The molecule has 0 aliphatic carbocycles. The monoisotopic (exact) mass is 224 g/mol. The fourth-order valence-electron chi connectivity index (χ4n) is 2.06. The van der Waals surface area contributed by atoms with Gasteiger partial charge < -0.3 is 9.67 Å². The van der Waals surface area contributed by atoms with Gasteiger partial charge in [-0.1, -0.05) is 26.7 Å². The van der Waals surface area contributed by atoms with Crippen LogP contribution in [0.5, 0.6) is 0 Å². The second-order valence-electron chi connectivity index (χ2n) is 4.75. The summed E-state index contributed by atoms with van der Waals surface area (Å²) >= 11 is 0. The summed E-state index contributed by atoms with van der Waals surface area (Å²) in [6.45, 7) is 8.57. The highest BCUT2D eigenvalue weighted by Crippen LogP contribution is 2.26. The lowest BCUT2D eigenvalue weighted by Gasteiger charge is -2.20. The molecule has 0 amide bonds. The van der Waals surface area contributed by atoms with E-state index in [-0.39, 0.29) is 6.10 Å². The Labute approximate surface area is 98.5 Å². The fourth-order valence-corrected chi connectivity index (χ4v) is 2.06. The van der Waals surface area contributed by atoms with Gasteiger partial charge in [0, 0.05) is 6.04 Å². The molecular weight excluding hydrogens is 200 g/mol. The van der Waals surface area contributed by atoms with Crippen LogP contribution in [0.15, 0.2) is 12.5 Å². The number of rotatable bonds is 6. The molecule has 0 saturated heterocycles. The van der Waals surface area contributed by atoms with E-state index in [1.807, 2.05) is 4.57 Å². The minimum absolute atomic E-state index is 0.355. The van der Waals surface area contributed by atoms with Gasteiger partial charge in [-0.15, -0.1) is 0 Å². The zero-order chi connectivity index (χ0) is 12.1. The molecule has 16 heavy (non-hydrogen) atoms. The minimum atomic E-state index is -0.380. The van der Waals surface area contributed by atoms with Crippen molar-refractivity contribution in [1.82, 2.24) is 9.55 Å². The molecule has 92 valence electrons. The second-order valence-corrected chi connectivity index (χ2v) is 4.75. The molecule has 0 spiro atoms. The number of nitrogens with zero attached hydrogens (tertiary/aromatic N) is 2. The number of hydrogen-bond acceptors (Lipinski definition) is 2. The predicted octanol–water partition coefficient (Wildman–Crippen LogP) is 3.32. The zero-order valence-electron chi connectivity index (χ0n) is 10.8. The number of hydrogen-bond donors (Lipinski definition) is 1. The lowest BCUT2D eigenvalue weighted by molar-refractivity contribution is 0.131. The topological polar surface area (TPSA) is 38.1 Å². The van der Waals surface area contributed by atoms with E-state index in [2.05, 4.69) is 32.7 Å². The highest BCUT2D eigenvalue weighted by Gasteiger charge is 2.17. The van der Waals surface area contributed by atoms with E-state index >= 15 is 0 Å². The largest absolute Gasteiger partial charge is 0.387 e. The molecule has 1 unspecified atom stereocenters. The first-order valence-electron chi connectivity index (χ1n) is 6.29. The molecule has 1 aromatic heterocycles. The van der Waals surface area contributed by atoms with Crippen LogP contribution in [0.1, 0.15) is 64.8 Å². The lowest BCUT2D eigenvalue weighted by Crippen LogP contribution is -2.12. The van der Waals surface area contributed by atoms with Crippen LogP contribution in [0.25, 0.3) is 0 Å². The van der Waals surface area contributed by atoms with Crippen molar-refractivity contribution in [3.63, 3.8) is 0 Å². The summed E-state index contributed by atoms with van der Waals surface area (Å²) < 4.78 is 2.05. The maximum Gasteiger partial charge on any atom is 0.0958 e. The second kappa shape index (κ2) is 6.04. The number of imidazole rings is 1. The summed E-state index contributed by atoms with van der Waals surface area (Å²) in [5.41, 5.74) is 0.946. The van der Waals surface area contributed by atoms with E-state index in [1.165, 1.54) is 0 Å². The van der Waals surface area contributed by atoms with Crippen molar-refractivity contribution in [1.29, 1.82) is 0 Å². The minimum Gasteiger partial charge on any atom is -0.387 e. The van der Waals surface area contributed by atoms with E-state index in [1.54, 1.807) is 12.5 Å². The summed E-state index contributed by atoms with van der Waals surface area (Å²) in [5, 5.41) is 10.2. The van der Waals surface area contributed by atoms with Crippen molar-refractivity contribution in [2.75, 3.05) is 0 Å². The first kappa shape index (κ1) is 13.2. The van der Waals surface area contributed by atoms with Crippen molar-refractivity contribution in [3.8, 4) is 0 Å². The van der Waals surface area contributed by atoms with E-state index < -0.39 is 0 Å². The van der Waals surface area contributed by atoms with Crippen LogP contribution in [0, 0.1) is 5.92 Å². The smallest absolute Gasteiger partial charge is 0.0958 e. The number of aliphatic hydroxyl groups excluding tert-OH is 1. The van der Waals surface area contributed by atoms with Gasteiger partial charge in [0.15, 0.2) is 0 Å². The van der Waals surface area contributed by atoms with Crippen molar-refractivity contribution >= 4 is 0 Å². The fraction of sp³-hybridized carbons (Fsp3) is 0.769. The molecule has 0 radical (unpaired) electrons. The molecule has 1 rings (SSSR count). The average molecular weight is 224 g/mol. The van der Waals surface area contributed by atoms with Crippen LogP contribution < -0.4 is 0 Å². The van der Waals surface area contributed by atoms with Crippen molar-refractivity contribution < 1.29 is 5.11 Å². The maximum atomic E-state index is 10.2. The van der Waals surface area contributed by atoms with Gasteiger partial charge in [-0.2, -0.15) is 0 Å². The number of aliphatic hydroxyl groups is 1. The molecule has 1 aromatic rings. The molecule has 3 heteroatoms. The summed E-state index contributed by atoms with van der Waals surface area (Å²) in [6.07, 6.45) is 6.30. The molecule has 0 fully saturated rings. The molecule has 3 nitrogen and oxygen atoms in total. The van der Waals surface area contributed by atoms with Gasteiger partial charge in [0.2, 0.25) is 0 Å². The molecule has 1 heterocycles. The van der Waals surface area contributed by atoms with Gasteiger partial charge in [-0.25, -0.2) is 4.98 Å². The molecule has 0 aliphatic rings. The Balaban J connectivity index is 2.72. The highest BCUT2D eigenvalue weighted by atomic mass is 16.3. The Morgan fingerprint density at radius 1 is 1.31 bits per heavy atom. The quantitative estimate of drug-likeness (QED) is 0.805. The zero-order valence-corrected chi connectivity index (χ0v) is 10.8. The Morgan fingerprint density at radius 2 is 1.94 bits per heavy atom. The molecule has 0 aromatic carbocycles. The van der Waals surface area contributed by atoms with Gasteiger partial charge in [0.05, 0.1) is 24.3 Å². The van der Waals surface area contributed by atoms with Crippen molar-refractivity contribution in [2.45, 2.75) is 59.1 Å². The predicted molar refractivity (Wildman–Crippen MR) is 66.3 cm³/mol. The normalized spacial score (nSPS) is 13.7. The third kappa shape index (κ3) is 3.08. The maximum absolute atomic E-state index is 10.2. The molecular formula is C13H24N2O. The standard InChI is InChI=1S/C13H24N2O/c1-5-11(6-2)7-13(16)12-8-14-9-15(12)10(3)4/h8-11,13,16H,5-7H2,1-4H3. The third-order valence-electron chi connectivity index (χ3n) is 3.31. The SMILES string of the molecule is CCC(CC)CC(O)c1cncn1C(C)C. The van der Waals surface area contributed by atoms with Crippen LogP contribution in [-0.2, 0) is 0 Å². The highest BCUT2D eigenvalue weighted by molar-refractivity contribution is 5.04. The molecule has 0 aliphatic heterocycles. The van der Waals surface area contributed by atoms with Gasteiger partial charge in [0.1, 0.15) is 0 Å². The van der Waals surface area contributed by atoms with Crippen LogP contribution in [0.4, 0.5) is 0 Å². The van der Waals surface area contributed by atoms with Crippen LogP contribution in [-0.4, -0.2) is 14.7 Å². The van der Waals surface area contributed by atoms with Crippen molar-refractivity contribution in [2.24, 2.45) is 5.92 Å². The lowest BCUT2D eigenvalue weighted by atomic mass is 9.95. The Bertz CT molecular complexity index is 303. The van der Waals surface area contributed by atoms with Crippen LogP contribution in [0.2, 0.25) is 0 Å². The first-order valence-corrected chi connectivity index (χ1v) is 6.29. The summed E-state index contributed by atoms with van der Waals surface area (Å²) in [7, 11) is 0. The first-order chi connectivity index (χ1) is 7.60. The Kier molecular flexibility index (Phi) is 5.00. The van der Waals surface area contributed by atoms with Gasteiger partial charge in [0.25, 0.3) is 0 Å². The van der Waals surface area contributed by atoms with E-state index in [0.29, 0.717) is 12.0 Å². The summed E-state index contributed by atoms with van der Waals surface area (Å²) in [6, 6.07) is 0.355. The van der Waals surface area contributed by atoms with Gasteiger partial charge in [-0.05, 0) is 26.2 Å². The molecule has 1 atom stereocenters. The molecule has 0 saturated carbocycles. The van der Waals surface area contributed by atoms with Crippen LogP contribution >= 0.6 is 0 Å². The molecule has 0 bridgehead atoms. The van der Waals surface area contributed by atoms with Gasteiger partial charge >= 0.3 is 0 Å². The van der Waals surface area contributed by atoms with Crippen LogP contribution in [0.3, 0.4) is 0 Å². The van der Waals surface area contributed by atoms with E-state index in [0.717, 1.165) is 25.0 Å². The van der Waals surface area contributed by atoms with Crippen molar-refractivity contribution in [3.05, 3.63) is 18.2 Å². The summed E-state index contributed by atoms with van der Waals surface area (Å²) in [4.78, 5) is 4.13. The Hall–Kier alpha value is -0.830. The molecule has 1 N–H and O–H groups in total. The number of aromatic nitrogens is 2. The van der Waals surface area contributed by atoms with E-state index in [4.69, 9.17) is 0 Å². The Morgan fingerprint density at radius 3 is 2.44 bits per heavy atom. The van der Waals surface area contributed by atoms with Gasteiger partial charge in [-0.3, -0.25) is 0 Å². The van der Waals surface area contributed by atoms with E-state index in [9.17, 15) is 5.11 Å². The average Bonchev–Trinajstić information content (AvgIpc) is 2.74. The summed E-state index contributed by atoms with van der Waals surface area (Å²) in [5.74, 6) is 0.602. The third-order valence-corrected chi connectivity index (χ3v) is 3.31.